The molecule has 0 radical (unpaired) electrons. The van der Waals surface area contributed by atoms with Crippen LogP contribution in [0.2, 0.25) is 0 Å². The van der Waals surface area contributed by atoms with Crippen LogP contribution in [0, 0.1) is 6.92 Å². The average molecular weight is 204 g/mol. The van der Waals surface area contributed by atoms with E-state index in [0.717, 1.165) is 0 Å². The molecule has 1 amide bonds. The Kier molecular flexibility index (Phi) is 3.00. The van der Waals surface area contributed by atoms with Crippen molar-refractivity contribution in [1.82, 2.24) is 15.5 Å². The number of hydrogen-bond acceptors (Lipinski definition) is 3. The number of halogens is 2. The highest BCUT2D eigenvalue weighted by molar-refractivity contribution is 5.97. The summed E-state index contributed by atoms with van der Waals surface area (Å²) in [6, 6.07) is 0. The third-order valence-electron chi connectivity index (χ3n) is 1.63. The molecule has 5 nitrogen and oxygen atoms in total. The van der Waals surface area contributed by atoms with Gasteiger partial charge in [0.15, 0.2) is 5.69 Å². The molecule has 7 heteroatoms. The standard InChI is InChI=1S/C7H10F2N4O/c1-3-5(10)6(13-12-3)7(14)11-2-4(8)9/h4H,2,10H2,1H3,(H,11,14)(H,12,13). The Morgan fingerprint density at radius 1 is 1.71 bits per heavy atom. The van der Waals surface area contributed by atoms with Crippen LogP contribution in [0.1, 0.15) is 16.2 Å². The molecule has 0 fully saturated rings. The maximum absolute atomic E-state index is 11.7. The normalized spacial score (nSPS) is 10.6. The third-order valence-corrected chi connectivity index (χ3v) is 1.63. The van der Waals surface area contributed by atoms with Crippen molar-refractivity contribution in [3.63, 3.8) is 0 Å². The summed E-state index contributed by atoms with van der Waals surface area (Å²) >= 11 is 0. The van der Waals surface area contributed by atoms with Crippen LogP contribution >= 0.6 is 0 Å². The Morgan fingerprint density at radius 2 is 2.36 bits per heavy atom. The van der Waals surface area contributed by atoms with Gasteiger partial charge in [-0.1, -0.05) is 0 Å². The van der Waals surface area contributed by atoms with Crippen LogP contribution in [-0.4, -0.2) is 29.1 Å². The number of carbonyl (C=O) groups excluding carboxylic acids is 1. The number of aryl methyl sites for hydroxylation is 1. The second-order valence-corrected chi connectivity index (χ2v) is 2.71. The number of amides is 1. The number of H-pyrrole nitrogens is 1. The lowest BCUT2D eigenvalue weighted by Gasteiger charge is -2.01. The molecule has 78 valence electrons. The molecule has 0 aromatic carbocycles. The van der Waals surface area contributed by atoms with Gasteiger partial charge in [-0.15, -0.1) is 0 Å². The number of nitrogens with two attached hydrogens (primary N) is 1. The van der Waals surface area contributed by atoms with Crippen molar-refractivity contribution in [2.75, 3.05) is 12.3 Å². The van der Waals surface area contributed by atoms with Crippen LogP contribution in [-0.2, 0) is 0 Å². The van der Waals surface area contributed by atoms with E-state index in [2.05, 4.69) is 10.2 Å². The van der Waals surface area contributed by atoms with E-state index in [1.165, 1.54) is 0 Å². The molecular weight excluding hydrogens is 194 g/mol. The summed E-state index contributed by atoms with van der Waals surface area (Å²) in [6.07, 6.45) is -2.58. The van der Waals surface area contributed by atoms with E-state index in [4.69, 9.17) is 5.73 Å². The van der Waals surface area contributed by atoms with Crippen molar-refractivity contribution in [2.45, 2.75) is 13.3 Å². The summed E-state index contributed by atoms with van der Waals surface area (Å²) in [5.41, 5.74) is 6.13. The monoisotopic (exact) mass is 204 g/mol. The highest BCUT2D eigenvalue weighted by Crippen LogP contribution is 2.11. The SMILES string of the molecule is Cc1[nH]nc(C(=O)NCC(F)F)c1N. The van der Waals surface area contributed by atoms with Crippen molar-refractivity contribution < 1.29 is 13.6 Å². The molecule has 4 N–H and O–H groups in total. The smallest absolute Gasteiger partial charge is 0.274 e. The van der Waals surface area contributed by atoms with E-state index in [1.807, 2.05) is 5.32 Å². The topological polar surface area (TPSA) is 83.8 Å². The molecule has 1 aromatic heterocycles. The van der Waals surface area contributed by atoms with E-state index in [9.17, 15) is 13.6 Å². The molecule has 0 aliphatic heterocycles. The number of anilines is 1. The van der Waals surface area contributed by atoms with Crippen LogP contribution in [0.15, 0.2) is 0 Å². The van der Waals surface area contributed by atoms with Gasteiger partial charge in [-0.2, -0.15) is 5.10 Å². The number of alkyl halides is 2. The Labute approximate surface area is 78.7 Å². The summed E-state index contributed by atoms with van der Waals surface area (Å²) in [5, 5.41) is 8.07. The number of nitrogen functional groups attached to an aromatic ring is 1. The summed E-state index contributed by atoms with van der Waals surface area (Å²) in [4.78, 5) is 11.2. The molecule has 0 saturated heterocycles. The Bertz CT molecular complexity index is 336. The van der Waals surface area contributed by atoms with Gasteiger partial charge in [-0.25, -0.2) is 8.78 Å². The summed E-state index contributed by atoms with van der Waals surface area (Å²) in [7, 11) is 0. The van der Waals surface area contributed by atoms with Gasteiger partial charge in [0.05, 0.1) is 17.9 Å². The first-order valence-electron chi connectivity index (χ1n) is 3.89. The largest absolute Gasteiger partial charge is 0.395 e. The Hall–Kier alpha value is -1.66. The number of hydrogen-bond donors (Lipinski definition) is 3. The second-order valence-electron chi connectivity index (χ2n) is 2.71. The minimum Gasteiger partial charge on any atom is -0.395 e. The number of aromatic amines is 1. The van der Waals surface area contributed by atoms with Crippen molar-refractivity contribution in [1.29, 1.82) is 0 Å². The van der Waals surface area contributed by atoms with Crippen molar-refractivity contribution in [3.05, 3.63) is 11.4 Å². The molecule has 0 unspecified atom stereocenters. The molecule has 0 saturated carbocycles. The number of rotatable bonds is 3. The third kappa shape index (κ3) is 2.18. The molecule has 1 heterocycles. The molecule has 0 aliphatic carbocycles. The zero-order valence-corrected chi connectivity index (χ0v) is 7.47. The number of nitrogens with one attached hydrogen (secondary N) is 2. The van der Waals surface area contributed by atoms with Gasteiger partial charge in [-0.05, 0) is 6.92 Å². The Balaban J connectivity index is 2.66. The van der Waals surface area contributed by atoms with Gasteiger partial charge in [0, 0.05) is 0 Å². The molecule has 0 aliphatic rings. The van der Waals surface area contributed by atoms with Gasteiger partial charge in [0.25, 0.3) is 12.3 Å². The van der Waals surface area contributed by atoms with Gasteiger partial charge in [0.1, 0.15) is 0 Å². The average Bonchev–Trinajstić information content (AvgIpc) is 2.44. The predicted molar refractivity (Wildman–Crippen MR) is 46.1 cm³/mol. The first-order valence-corrected chi connectivity index (χ1v) is 3.89. The Morgan fingerprint density at radius 3 is 2.79 bits per heavy atom. The minimum atomic E-state index is -2.58. The predicted octanol–water partition coefficient (Wildman–Crippen LogP) is 0.295. The minimum absolute atomic E-state index is 0.0526. The lowest BCUT2D eigenvalue weighted by molar-refractivity contribution is 0.0887. The molecule has 0 bridgehead atoms. The van der Waals surface area contributed by atoms with E-state index in [0.29, 0.717) is 5.69 Å². The number of nitrogens with zero attached hydrogens (tertiary/aromatic N) is 1. The molecule has 14 heavy (non-hydrogen) atoms. The molecular formula is C7H10F2N4O. The van der Waals surface area contributed by atoms with Crippen LogP contribution in [0.25, 0.3) is 0 Å². The van der Waals surface area contributed by atoms with E-state index in [-0.39, 0.29) is 11.4 Å². The maximum Gasteiger partial charge on any atom is 0.274 e. The lowest BCUT2D eigenvalue weighted by Crippen LogP contribution is -2.29. The quantitative estimate of drug-likeness (QED) is 0.661. The first kappa shape index (κ1) is 10.4. The van der Waals surface area contributed by atoms with Gasteiger partial charge < -0.3 is 11.1 Å². The second kappa shape index (κ2) is 4.03. The summed E-state index contributed by atoms with van der Waals surface area (Å²) in [6.45, 7) is 0.927. The molecule has 0 spiro atoms. The van der Waals surface area contributed by atoms with Crippen molar-refractivity contribution in [3.8, 4) is 0 Å². The van der Waals surface area contributed by atoms with Crippen molar-refractivity contribution >= 4 is 11.6 Å². The maximum atomic E-state index is 11.7. The van der Waals surface area contributed by atoms with E-state index in [1.54, 1.807) is 6.92 Å². The van der Waals surface area contributed by atoms with E-state index < -0.39 is 18.9 Å². The van der Waals surface area contributed by atoms with Crippen LogP contribution in [0.4, 0.5) is 14.5 Å². The zero-order chi connectivity index (χ0) is 10.7. The zero-order valence-electron chi connectivity index (χ0n) is 7.47. The molecule has 0 atom stereocenters. The fraction of sp³-hybridized carbons (Fsp3) is 0.429. The van der Waals surface area contributed by atoms with Crippen LogP contribution < -0.4 is 11.1 Å². The van der Waals surface area contributed by atoms with Crippen LogP contribution in [0.3, 0.4) is 0 Å². The number of aromatic nitrogens is 2. The van der Waals surface area contributed by atoms with Crippen LogP contribution in [0.5, 0.6) is 0 Å². The summed E-state index contributed by atoms with van der Waals surface area (Å²) < 4.78 is 23.5. The van der Waals surface area contributed by atoms with Gasteiger partial charge in [-0.3, -0.25) is 9.89 Å². The van der Waals surface area contributed by atoms with Gasteiger partial charge in [0.2, 0.25) is 0 Å². The van der Waals surface area contributed by atoms with Crippen molar-refractivity contribution in [2.24, 2.45) is 0 Å². The lowest BCUT2D eigenvalue weighted by atomic mass is 10.3. The molecule has 1 rings (SSSR count). The highest BCUT2D eigenvalue weighted by atomic mass is 19.3. The highest BCUT2D eigenvalue weighted by Gasteiger charge is 2.15. The van der Waals surface area contributed by atoms with E-state index >= 15 is 0 Å². The fourth-order valence-corrected chi connectivity index (χ4v) is 0.864. The van der Waals surface area contributed by atoms with Gasteiger partial charge >= 0.3 is 0 Å². The summed E-state index contributed by atoms with van der Waals surface area (Å²) in [5.74, 6) is -0.702. The fourth-order valence-electron chi connectivity index (χ4n) is 0.864. The first-order chi connectivity index (χ1) is 6.52. The molecule has 1 aromatic rings. The number of carbonyl (C=O) groups is 1.